The first-order valence-electron chi connectivity index (χ1n) is 4.86. The van der Waals surface area contributed by atoms with Gasteiger partial charge in [0.05, 0.1) is 6.61 Å². The highest BCUT2D eigenvalue weighted by atomic mass is 32.2. The lowest BCUT2D eigenvalue weighted by Gasteiger charge is -2.10. The van der Waals surface area contributed by atoms with Crippen molar-refractivity contribution in [3.05, 3.63) is 12.2 Å². The first-order chi connectivity index (χ1) is 6.99. The molecule has 2 unspecified atom stereocenters. The minimum Gasteiger partial charge on any atom is -0.463 e. The van der Waals surface area contributed by atoms with E-state index in [4.69, 9.17) is 4.74 Å². The Bertz CT molecular complexity index is 253. The molecule has 0 aliphatic heterocycles. The quantitative estimate of drug-likeness (QED) is 0.513. The van der Waals surface area contributed by atoms with E-state index in [0.29, 0.717) is 25.3 Å². The van der Waals surface area contributed by atoms with Crippen molar-refractivity contribution in [2.75, 3.05) is 26.0 Å². The number of esters is 1. The van der Waals surface area contributed by atoms with Crippen molar-refractivity contribution >= 4 is 16.8 Å². The third-order valence-corrected chi connectivity index (χ3v) is 3.20. The Hall–Kier alpha value is -0.680. The topological polar surface area (TPSA) is 55.4 Å². The zero-order valence-electron chi connectivity index (χ0n) is 9.54. The van der Waals surface area contributed by atoms with Gasteiger partial charge in [-0.3, -0.25) is 4.21 Å². The van der Waals surface area contributed by atoms with E-state index in [0.717, 1.165) is 0 Å². The summed E-state index contributed by atoms with van der Waals surface area (Å²) in [7, 11) is -0.847. The molecule has 0 fully saturated rings. The van der Waals surface area contributed by atoms with Crippen LogP contribution in [0.15, 0.2) is 12.2 Å². The molecule has 0 saturated heterocycles. The molecule has 4 nitrogen and oxygen atoms in total. The Morgan fingerprint density at radius 1 is 1.60 bits per heavy atom. The minimum absolute atomic E-state index is 0.0694. The van der Waals surface area contributed by atoms with Crippen LogP contribution in [0.1, 0.15) is 13.8 Å². The standard InChI is InChI=1S/C10H19NO3S/c1-5-14-10(12)8(2)6-11-7-9(3)15(4)13/h9,11H,2,5-7H2,1,3-4H3. The summed E-state index contributed by atoms with van der Waals surface area (Å²) in [5.41, 5.74) is 0.394. The van der Waals surface area contributed by atoms with Gasteiger partial charge in [-0.15, -0.1) is 0 Å². The largest absolute Gasteiger partial charge is 0.463 e. The molecule has 0 amide bonds. The van der Waals surface area contributed by atoms with Gasteiger partial charge in [-0.25, -0.2) is 4.79 Å². The smallest absolute Gasteiger partial charge is 0.334 e. The molecule has 0 radical (unpaired) electrons. The van der Waals surface area contributed by atoms with Crippen LogP contribution in [0.2, 0.25) is 0 Å². The van der Waals surface area contributed by atoms with E-state index in [1.54, 1.807) is 13.2 Å². The number of carbonyl (C=O) groups excluding carboxylic acids is 1. The highest BCUT2D eigenvalue weighted by Crippen LogP contribution is 1.94. The molecule has 0 aliphatic rings. The van der Waals surface area contributed by atoms with Crippen LogP contribution >= 0.6 is 0 Å². The van der Waals surface area contributed by atoms with E-state index in [-0.39, 0.29) is 11.2 Å². The number of rotatable bonds is 7. The van der Waals surface area contributed by atoms with Gasteiger partial charge in [0.25, 0.3) is 0 Å². The lowest BCUT2D eigenvalue weighted by Crippen LogP contribution is -2.30. The van der Waals surface area contributed by atoms with Crippen LogP contribution in [0.25, 0.3) is 0 Å². The van der Waals surface area contributed by atoms with Gasteiger partial charge in [-0.2, -0.15) is 0 Å². The number of ether oxygens (including phenoxy) is 1. The molecule has 0 aromatic carbocycles. The van der Waals surface area contributed by atoms with E-state index >= 15 is 0 Å². The lowest BCUT2D eigenvalue weighted by atomic mass is 10.3. The maximum Gasteiger partial charge on any atom is 0.334 e. The molecular weight excluding hydrogens is 214 g/mol. The van der Waals surface area contributed by atoms with Crippen molar-refractivity contribution in [1.82, 2.24) is 5.32 Å². The molecule has 0 rings (SSSR count). The van der Waals surface area contributed by atoms with Crippen LogP contribution in [0.5, 0.6) is 0 Å². The molecule has 1 N–H and O–H groups in total. The number of hydrogen-bond acceptors (Lipinski definition) is 4. The Morgan fingerprint density at radius 2 is 2.20 bits per heavy atom. The predicted molar refractivity (Wildman–Crippen MR) is 62.2 cm³/mol. The molecule has 88 valence electrons. The van der Waals surface area contributed by atoms with Crippen molar-refractivity contribution < 1.29 is 13.7 Å². The fourth-order valence-corrected chi connectivity index (χ4v) is 1.20. The molecule has 0 aromatic rings. The molecular formula is C10H19NO3S. The summed E-state index contributed by atoms with van der Waals surface area (Å²) in [5, 5.41) is 3.08. The van der Waals surface area contributed by atoms with Crippen molar-refractivity contribution in [3.8, 4) is 0 Å². The predicted octanol–water partition coefficient (Wildman–Crippen LogP) is 0.462. The van der Waals surface area contributed by atoms with Gasteiger partial charge in [0.15, 0.2) is 0 Å². The van der Waals surface area contributed by atoms with Gasteiger partial charge in [0.2, 0.25) is 0 Å². The fourth-order valence-electron chi connectivity index (χ4n) is 0.849. The summed E-state index contributed by atoms with van der Waals surface area (Å²) in [6.07, 6.45) is 1.66. The Morgan fingerprint density at radius 3 is 2.67 bits per heavy atom. The van der Waals surface area contributed by atoms with Crippen molar-refractivity contribution in [2.24, 2.45) is 0 Å². The number of hydrogen-bond donors (Lipinski definition) is 1. The normalized spacial score (nSPS) is 14.3. The zero-order valence-corrected chi connectivity index (χ0v) is 10.4. The van der Waals surface area contributed by atoms with Crippen LogP contribution in [0.3, 0.4) is 0 Å². The Labute approximate surface area is 93.5 Å². The monoisotopic (exact) mass is 233 g/mol. The fraction of sp³-hybridized carbons (Fsp3) is 0.700. The van der Waals surface area contributed by atoms with Gasteiger partial charge in [0, 0.05) is 41.0 Å². The van der Waals surface area contributed by atoms with E-state index in [1.807, 2.05) is 6.92 Å². The van der Waals surface area contributed by atoms with Gasteiger partial charge < -0.3 is 10.1 Å². The highest BCUT2D eigenvalue weighted by molar-refractivity contribution is 7.84. The Kier molecular flexibility index (Phi) is 7.25. The van der Waals surface area contributed by atoms with Crippen LogP contribution < -0.4 is 5.32 Å². The van der Waals surface area contributed by atoms with Crippen molar-refractivity contribution in [3.63, 3.8) is 0 Å². The average molecular weight is 233 g/mol. The molecule has 5 heteroatoms. The van der Waals surface area contributed by atoms with Gasteiger partial charge in [0.1, 0.15) is 0 Å². The highest BCUT2D eigenvalue weighted by Gasteiger charge is 2.09. The van der Waals surface area contributed by atoms with E-state index in [1.165, 1.54) is 0 Å². The van der Waals surface area contributed by atoms with Crippen molar-refractivity contribution in [1.29, 1.82) is 0 Å². The third kappa shape index (κ3) is 6.41. The minimum atomic E-state index is -0.847. The maximum absolute atomic E-state index is 11.1. The molecule has 0 heterocycles. The first-order valence-corrected chi connectivity index (χ1v) is 6.49. The van der Waals surface area contributed by atoms with E-state index in [2.05, 4.69) is 11.9 Å². The summed E-state index contributed by atoms with van der Waals surface area (Å²) in [4.78, 5) is 11.1. The third-order valence-electron chi connectivity index (χ3n) is 1.90. The maximum atomic E-state index is 11.1. The Balaban J connectivity index is 3.72. The van der Waals surface area contributed by atoms with Crippen molar-refractivity contribution in [2.45, 2.75) is 19.1 Å². The van der Waals surface area contributed by atoms with Gasteiger partial charge in [-0.1, -0.05) is 6.58 Å². The number of nitrogens with one attached hydrogen (secondary N) is 1. The summed E-state index contributed by atoms with van der Waals surface area (Å²) in [6, 6.07) is 0. The summed E-state index contributed by atoms with van der Waals surface area (Å²) in [6.45, 7) is 8.57. The summed E-state index contributed by atoms with van der Waals surface area (Å²) in [5.74, 6) is -0.379. The first kappa shape index (κ1) is 14.3. The molecule has 0 spiro atoms. The number of carbonyl (C=O) groups is 1. The van der Waals surface area contributed by atoms with Crippen LogP contribution in [-0.4, -0.2) is 41.4 Å². The molecule has 0 saturated carbocycles. The van der Waals surface area contributed by atoms with Crippen LogP contribution in [0, 0.1) is 0 Å². The second-order valence-electron chi connectivity index (χ2n) is 3.26. The SMILES string of the molecule is C=C(CNCC(C)S(C)=O)C(=O)OCC. The summed E-state index contributed by atoms with van der Waals surface area (Å²) < 4.78 is 15.8. The molecule has 0 aromatic heterocycles. The van der Waals surface area contributed by atoms with Crippen LogP contribution in [0.4, 0.5) is 0 Å². The van der Waals surface area contributed by atoms with Crippen LogP contribution in [-0.2, 0) is 20.3 Å². The summed E-state index contributed by atoms with van der Waals surface area (Å²) >= 11 is 0. The second kappa shape index (κ2) is 7.59. The van der Waals surface area contributed by atoms with E-state index < -0.39 is 10.8 Å². The molecule has 2 atom stereocenters. The lowest BCUT2D eigenvalue weighted by molar-refractivity contribution is -0.138. The molecule has 0 bridgehead atoms. The van der Waals surface area contributed by atoms with E-state index in [9.17, 15) is 9.00 Å². The second-order valence-corrected chi connectivity index (χ2v) is 5.07. The zero-order chi connectivity index (χ0) is 11.8. The average Bonchev–Trinajstić information content (AvgIpc) is 2.17. The van der Waals surface area contributed by atoms with Gasteiger partial charge >= 0.3 is 5.97 Å². The molecule has 15 heavy (non-hydrogen) atoms. The molecule has 0 aliphatic carbocycles. The van der Waals surface area contributed by atoms with Gasteiger partial charge in [-0.05, 0) is 13.8 Å².